The van der Waals surface area contributed by atoms with Crippen molar-refractivity contribution in [3.8, 4) is 0 Å². The molecule has 2 amide bonds. The van der Waals surface area contributed by atoms with Crippen LogP contribution in [0.4, 0.5) is 0 Å². The smallest absolute Gasteiger partial charge is 0.253 e. The van der Waals surface area contributed by atoms with Gasteiger partial charge in [-0.05, 0) is 29.8 Å². The molecule has 0 atom stereocenters. The molecular weight excluding hydrogens is 406 g/mol. The number of rotatable bonds is 7. The van der Waals surface area contributed by atoms with Crippen LogP contribution >= 0.6 is 0 Å². The van der Waals surface area contributed by atoms with Gasteiger partial charge in [-0.15, -0.1) is 0 Å². The highest BCUT2D eigenvalue weighted by atomic mass is 32.2. The average molecular weight is 430 g/mol. The van der Waals surface area contributed by atoms with Crippen LogP contribution in [-0.2, 0) is 21.4 Å². The van der Waals surface area contributed by atoms with E-state index in [1.54, 1.807) is 61.4 Å². The van der Waals surface area contributed by atoms with Crippen LogP contribution in [0, 0.1) is 0 Å². The first-order valence-electron chi connectivity index (χ1n) is 9.15. The number of nitrogens with zero attached hydrogens (tertiary/aromatic N) is 4. The van der Waals surface area contributed by atoms with E-state index in [0.717, 1.165) is 15.5 Å². The number of imidazole rings is 1. The molecule has 9 nitrogen and oxygen atoms in total. The van der Waals surface area contributed by atoms with Gasteiger partial charge in [-0.25, -0.2) is 13.4 Å². The second-order valence-electron chi connectivity index (χ2n) is 6.99. The van der Waals surface area contributed by atoms with Crippen LogP contribution in [0.5, 0.6) is 0 Å². The van der Waals surface area contributed by atoms with Gasteiger partial charge in [-0.2, -0.15) is 4.31 Å². The van der Waals surface area contributed by atoms with E-state index in [1.807, 2.05) is 0 Å². The van der Waals surface area contributed by atoms with Gasteiger partial charge in [-0.1, -0.05) is 12.1 Å². The number of likely N-dealkylation sites (N-methyl/N-ethyl adjacent to an activating group) is 2. The second kappa shape index (κ2) is 8.64. The number of carbonyl (C=O) groups is 2. The first-order chi connectivity index (χ1) is 14.2. The topological polar surface area (TPSA) is 104 Å². The molecule has 0 spiro atoms. The van der Waals surface area contributed by atoms with E-state index >= 15 is 0 Å². The summed E-state index contributed by atoms with van der Waals surface area (Å²) in [6.45, 7) is 0.00445. The summed E-state index contributed by atoms with van der Waals surface area (Å²) in [7, 11) is 0.717. The molecule has 0 unspecified atom stereocenters. The zero-order chi connectivity index (χ0) is 21.9. The van der Waals surface area contributed by atoms with Gasteiger partial charge < -0.3 is 14.6 Å². The van der Waals surface area contributed by atoms with E-state index in [1.165, 1.54) is 24.1 Å². The highest BCUT2D eigenvalue weighted by molar-refractivity contribution is 7.89. The number of benzene rings is 1. The normalized spacial score (nSPS) is 11.6. The lowest BCUT2D eigenvalue weighted by Gasteiger charge is -2.19. The molecule has 0 aliphatic rings. The molecule has 3 rings (SSSR count). The van der Waals surface area contributed by atoms with Crippen molar-refractivity contribution >= 4 is 27.5 Å². The second-order valence-corrected chi connectivity index (χ2v) is 9.03. The molecule has 158 valence electrons. The SMILES string of the molecule is CN(C)C(=O)CN(C)S(=O)(=O)c1ccc(CNC(=O)c2ccc3nccn3c2)cc1. The Morgan fingerprint density at radius 3 is 2.43 bits per heavy atom. The molecular formula is C20H23N5O4S. The molecule has 10 heteroatoms. The van der Waals surface area contributed by atoms with E-state index < -0.39 is 10.0 Å². The first-order valence-corrected chi connectivity index (χ1v) is 10.6. The van der Waals surface area contributed by atoms with Gasteiger partial charge >= 0.3 is 0 Å². The molecule has 0 fully saturated rings. The van der Waals surface area contributed by atoms with Crippen molar-refractivity contribution in [2.24, 2.45) is 0 Å². The molecule has 0 bridgehead atoms. The van der Waals surface area contributed by atoms with Gasteiger partial charge in [0.2, 0.25) is 15.9 Å². The van der Waals surface area contributed by atoms with Crippen molar-refractivity contribution in [1.29, 1.82) is 0 Å². The fourth-order valence-corrected chi connectivity index (χ4v) is 3.84. The predicted molar refractivity (Wildman–Crippen MR) is 111 cm³/mol. The van der Waals surface area contributed by atoms with E-state index in [9.17, 15) is 18.0 Å². The number of nitrogens with one attached hydrogen (secondary N) is 1. The number of carbonyl (C=O) groups excluding carboxylic acids is 2. The Morgan fingerprint density at radius 1 is 1.07 bits per heavy atom. The zero-order valence-corrected chi connectivity index (χ0v) is 17.8. The summed E-state index contributed by atoms with van der Waals surface area (Å²) in [4.78, 5) is 29.7. The maximum Gasteiger partial charge on any atom is 0.253 e. The molecule has 30 heavy (non-hydrogen) atoms. The van der Waals surface area contributed by atoms with Crippen LogP contribution in [0.25, 0.3) is 5.65 Å². The Morgan fingerprint density at radius 2 is 1.77 bits per heavy atom. The molecule has 1 N–H and O–H groups in total. The standard InChI is InChI=1S/C20H23N5O4S/c1-23(2)19(26)14-24(3)30(28,29)17-7-4-15(5-8-17)12-22-20(27)16-6-9-18-21-10-11-25(18)13-16/h4-11,13H,12,14H2,1-3H3,(H,22,27). The fourth-order valence-electron chi connectivity index (χ4n) is 2.71. The molecule has 2 aromatic heterocycles. The quantitative estimate of drug-likeness (QED) is 0.603. The van der Waals surface area contributed by atoms with Crippen molar-refractivity contribution in [3.05, 3.63) is 66.1 Å². The Hall–Kier alpha value is -3.24. The minimum Gasteiger partial charge on any atom is -0.348 e. The average Bonchev–Trinajstić information content (AvgIpc) is 3.20. The van der Waals surface area contributed by atoms with Crippen molar-refractivity contribution in [2.45, 2.75) is 11.4 Å². The number of fused-ring (bicyclic) bond motifs is 1. The highest BCUT2D eigenvalue weighted by Crippen LogP contribution is 2.15. The van der Waals surface area contributed by atoms with Crippen molar-refractivity contribution in [3.63, 3.8) is 0 Å². The van der Waals surface area contributed by atoms with Gasteiger partial charge in [0.15, 0.2) is 0 Å². The summed E-state index contributed by atoms with van der Waals surface area (Å²) in [5.41, 5.74) is 1.99. The molecule has 0 aliphatic carbocycles. The number of sulfonamides is 1. The fraction of sp³-hybridized carbons (Fsp3) is 0.250. The maximum atomic E-state index is 12.6. The molecule has 0 saturated carbocycles. The van der Waals surface area contributed by atoms with Crippen LogP contribution in [0.15, 0.2) is 59.9 Å². The minimum absolute atomic E-state index is 0.0807. The third kappa shape index (κ3) is 4.66. The lowest BCUT2D eigenvalue weighted by molar-refractivity contribution is -0.128. The first kappa shape index (κ1) is 21.5. The number of aromatic nitrogens is 2. The number of hydrogen-bond acceptors (Lipinski definition) is 5. The summed E-state index contributed by atoms with van der Waals surface area (Å²) in [6.07, 6.45) is 5.10. The Bertz CT molecular complexity index is 1170. The molecule has 1 aromatic carbocycles. The minimum atomic E-state index is -3.78. The van der Waals surface area contributed by atoms with Crippen molar-refractivity contribution in [2.75, 3.05) is 27.7 Å². The maximum absolute atomic E-state index is 12.6. The third-order valence-electron chi connectivity index (χ3n) is 4.59. The van der Waals surface area contributed by atoms with E-state index in [2.05, 4.69) is 10.3 Å². The number of amides is 2. The predicted octanol–water partition coefficient (Wildman–Crippen LogP) is 0.973. The third-order valence-corrected chi connectivity index (χ3v) is 6.41. The van der Waals surface area contributed by atoms with Crippen LogP contribution in [0.1, 0.15) is 15.9 Å². The van der Waals surface area contributed by atoms with E-state index in [4.69, 9.17) is 0 Å². The van der Waals surface area contributed by atoms with Crippen molar-refractivity contribution < 1.29 is 18.0 Å². The van der Waals surface area contributed by atoms with E-state index in [-0.39, 0.29) is 29.8 Å². The number of hydrogen-bond donors (Lipinski definition) is 1. The Labute approximate surface area is 175 Å². The van der Waals surface area contributed by atoms with Crippen LogP contribution in [-0.4, -0.2) is 66.5 Å². The van der Waals surface area contributed by atoms with Crippen LogP contribution < -0.4 is 5.32 Å². The van der Waals surface area contributed by atoms with Crippen LogP contribution in [0.2, 0.25) is 0 Å². The highest BCUT2D eigenvalue weighted by Gasteiger charge is 2.23. The van der Waals surface area contributed by atoms with Crippen LogP contribution in [0.3, 0.4) is 0 Å². The van der Waals surface area contributed by atoms with Gasteiger partial charge in [-0.3, -0.25) is 9.59 Å². The molecule has 0 aliphatic heterocycles. The van der Waals surface area contributed by atoms with Gasteiger partial charge in [0.05, 0.1) is 17.0 Å². The lowest BCUT2D eigenvalue weighted by Crippen LogP contribution is -2.37. The van der Waals surface area contributed by atoms with E-state index in [0.29, 0.717) is 5.56 Å². The summed E-state index contributed by atoms with van der Waals surface area (Å²) >= 11 is 0. The molecule has 3 aromatic rings. The summed E-state index contributed by atoms with van der Waals surface area (Å²) < 4.78 is 28.0. The summed E-state index contributed by atoms with van der Waals surface area (Å²) in [6, 6.07) is 9.64. The largest absolute Gasteiger partial charge is 0.348 e. The Balaban J connectivity index is 1.63. The van der Waals surface area contributed by atoms with Gasteiger partial charge in [0.1, 0.15) is 5.65 Å². The summed E-state index contributed by atoms with van der Waals surface area (Å²) in [5.74, 6) is -0.557. The molecule has 2 heterocycles. The lowest BCUT2D eigenvalue weighted by atomic mass is 10.2. The van der Waals surface area contributed by atoms with Gasteiger partial charge in [0.25, 0.3) is 5.91 Å². The Kier molecular flexibility index (Phi) is 6.18. The monoisotopic (exact) mass is 429 g/mol. The molecule has 0 radical (unpaired) electrons. The zero-order valence-electron chi connectivity index (χ0n) is 16.9. The summed E-state index contributed by atoms with van der Waals surface area (Å²) in [5, 5.41) is 2.81. The van der Waals surface area contributed by atoms with Gasteiger partial charge in [0, 0.05) is 46.3 Å². The molecule has 0 saturated heterocycles. The number of pyridine rings is 1. The van der Waals surface area contributed by atoms with Crippen molar-refractivity contribution in [1.82, 2.24) is 23.9 Å².